The van der Waals surface area contributed by atoms with Gasteiger partial charge in [0.1, 0.15) is 0 Å². The van der Waals surface area contributed by atoms with E-state index in [0.717, 1.165) is 23.3 Å². The second kappa shape index (κ2) is 6.47. The summed E-state index contributed by atoms with van der Waals surface area (Å²) in [5.41, 5.74) is 4.04. The first kappa shape index (κ1) is 16.6. The van der Waals surface area contributed by atoms with Crippen LogP contribution in [-0.4, -0.2) is 16.9 Å². The SMILES string of the molecule is S=C(N/N=C/c1ccc(Cl)c(Cl)c1)NC12CC3CC(CC(C3)C1)C2. The fourth-order valence-corrected chi connectivity index (χ4v) is 5.87. The van der Waals surface area contributed by atoms with E-state index in [4.69, 9.17) is 35.4 Å². The van der Waals surface area contributed by atoms with Crippen LogP contribution in [0.5, 0.6) is 0 Å². The van der Waals surface area contributed by atoms with Crippen molar-refractivity contribution in [2.24, 2.45) is 22.9 Å². The Morgan fingerprint density at radius 3 is 2.29 bits per heavy atom. The number of nitrogens with zero attached hydrogens (tertiary/aromatic N) is 1. The number of rotatable bonds is 3. The Bertz CT molecular complexity index is 654. The Balaban J connectivity index is 1.35. The molecule has 3 nitrogen and oxygen atoms in total. The summed E-state index contributed by atoms with van der Waals surface area (Å²) in [6.07, 6.45) is 9.77. The van der Waals surface area contributed by atoms with Crippen molar-refractivity contribution >= 4 is 46.7 Å². The highest BCUT2D eigenvalue weighted by molar-refractivity contribution is 7.80. The lowest BCUT2D eigenvalue weighted by atomic mass is 9.53. The Hall–Kier alpha value is -0.840. The lowest BCUT2D eigenvalue weighted by Gasteiger charge is -2.57. The summed E-state index contributed by atoms with van der Waals surface area (Å²) in [5.74, 6) is 2.68. The van der Waals surface area contributed by atoms with Crippen molar-refractivity contribution in [3.05, 3.63) is 33.8 Å². The van der Waals surface area contributed by atoms with Gasteiger partial charge in [0, 0.05) is 5.54 Å². The summed E-state index contributed by atoms with van der Waals surface area (Å²) in [4.78, 5) is 0. The van der Waals surface area contributed by atoms with Crippen LogP contribution in [0.15, 0.2) is 23.3 Å². The van der Waals surface area contributed by atoms with Crippen molar-refractivity contribution in [2.45, 2.75) is 44.1 Å². The number of nitrogens with one attached hydrogen (secondary N) is 2. The quantitative estimate of drug-likeness (QED) is 0.450. The van der Waals surface area contributed by atoms with Crippen LogP contribution in [0.2, 0.25) is 10.0 Å². The Labute approximate surface area is 158 Å². The van der Waals surface area contributed by atoms with Crippen molar-refractivity contribution < 1.29 is 0 Å². The molecule has 4 bridgehead atoms. The normalized spacial score (nSPS) is 33.8. The van der Waals surface area contributed by atoms with Crippen LogP contribution in [0.25, 0.3) is 0 Å². The molecule has 4 saturated carbocycles. The first-order chi connectivity index (χ1) is 11.5. The molecular formula is C18H21Cl2N3S. The van der Waals surface area contributed by atoms with Crippen LogP contribution >= 0.6 is 35.4 Å². The fraction of sp³-hybridized carbons (Fsp3) is 0.556. The molecule has 4 aliphatic carbocycles. The van der Waals surface area contributed by atoms with Crippen molar-refractivity contribution in [2.75, 3.05) is 0 Å². The van der Waals surface area contributed by atoms with Gasteiger partial charge in [-0.05, 0) is 86.2 Å². The molecule has 0 aliphatic heterocycles. The second-order valence-corrected chi connectivity index (χ2v) is 8.92. The van der Waals surface area contributed by atoms with E-state index in [1.807, 2.05) is 6.07 Å². The van der Waals surface area contributed by atoms with Gasteiger partial charge in [0.2, 0.25) is 0 Å². The number of thiocarbonyl (C=S) groups is 1. The van der Waals surface area contributed by atoms with E-state index < -0.39 is 0 Å². The molecule has 1 aromatic rings. The predicted molar refractivity (Wildman–Crippen MR) is 104 cm³/mol. The lowest BCUT2D eigenvalue weighted by Crippen LogP contribution is -2.61. The van der Waals surface area contributed by atoms with Crippen molar-refractivity contribution in [3.63, 3.8) is 0 Å². The van der Waals surface area contributed by atoms with Gasteiger partial charge in [0.15, 0.2) is 5.11 Å². The topological polar surface area (TPSA) is 36.4 Å². The van der Waals surface area contributed by atoms with Crippen LogP contribution < -0.4 is 10.7 Å². The van der Waals surface area contributed by atoms with Crippen LogP contribution in [0.4, 0.5) is 0 Å². The minimum Gasteiger partial charge on any atom is -0.356 e. The molecule has 4 fully saturated rings. The summed E-state index contributed by atoms with van der Waals surface area (Å²) in [7, 11) is 0. The summed E-state index contributed by atoms with van der Waals surface area (Å²) in [6, 6.07) is 5.41. The molecule has 1 aromatic carbocycles. The number of benzene rings is 1. The zero-order chi connectivity index (χ0) is 16.7. The molecule has 0 spiro atoms. The van der Waals surface area contributed by atoms with Crippen LogP contribution in [-0.2, 0) is 0 Å². The highest BCUT2D eigenvalue weighted by atomic mass is 35.5. The molecule has 24 heavy (non-hydrogen) atoms. The maximum Gasteiger partial charge on any atom is 0.187 e. The number of hydrogen-bond acceptors (Lipinski definition) is 2. The molecule has 0 atom stereocenters. The van der Waals surface area contributed by atoms with Gasteiger partial charge < -0.3 is 5.32 Å². The molecular weight excluding hydrogens is 361 g/mol. The maximum absolute atomic E-state index is 6.01. The second-order valence-electron chi connectivity index (χ2n) is 7.70. The third-order valence-corrected chi connectivity index (χ3v) is 6.67. The summed E-state index contributed by atoms with van der Waals surface area (Å²) < 4.78 is 0. The summed E-state index contributed by atoms with van der Waals surface area (Å²) >= 11 is 17.4. The number of halogens is 2. The number of hydrazone groups is 1. The minimum atomic E-state index is 0.206. The summed E-state index contributed by atoms with van der Waals surface area (Å²) in [5, 5.41) is 9.50. The van der Waals surface area contributed by atoms with Crippen molar-refractivity contribution in [3.8, 4) is 0 Å². The molecule has 0 aromatic heterocycles. The van der Waals surface area contributed by atoms with E-state index in [0.29, 0.717) is 15.2 Å². The standard InChI is InChI=1S/C18H21Cl2N3S/c19-15-2-1-11(6-16(15)20)10-21-23-17(24)22-18-7-12-3-13(8-18)5-14(4-12)9-18/h1-2,6,10,12-14H,3-5,7-9H2,(H2,22,23,24)/b21-10+. The minimum absolute atomic E-state index is 0.206. The fourth-order valence-electron chi connectivity index (χ4n) is 5.29. The number of hydrogen-bond donors (Lipinski definition) is 2. The zero-order valence-corrected chi connectivity index (χ0v) is 15.7. The largest absolute Gasteiger partial charge is 0.356 e. The zero-order valence-electron chi connectivity index (χ0n) is 13.4. The molecule has 0 amide bonds. The third kappa shape index (κ3) is 3.42. The van der Waals surface area contributed by atoms with Crippen molar-refractivity contribution in [1.29, 1.82) is 0 Å². The van der Waals surface area contributed by atoms with Gasteiger partial charge in [-0.1, -0.05) is 29.3 Å². The van der Waals surface area contributed by atoms with Gasteiger partial charge >= 0.3 is 0 Å². The summed E-state index contributed by atoms with van der Waals surface area (Å²) in [6.45, 7) is 0. The van der Waals surface area contributed by atoms with E-state index in [9.17, 15) is 0 Å². The Morgan fingerprint density at radius 1 is 1.08 bits per heavy atom. The average Bonchev–Trinajstić information content (AvgIpc) is 2.49. The van der Waals surface area contributed by atoms with Gasteiger partial charge in [-0.3, -0.25) is 5.43 Å². The maximum atomic E-state index is 6.01. The van der Waals surface area contributed by atoms with Gasteiger partial charge in [-0.15, -0.1) is 0 Å². The monoisotopic (exact) mass is 381 g/mol. The molecule has 5 rings (SSSR count). The van der Waals surface area contributed by atoms with Crippen molar-refractivity contribution in [1.82, 2.24) is 10.7 Å². The molecule has 0 radical (unpaired) electrons. The van der Waals surface area contributed by atoms with Crippen LogP contribution in [0, 0.1) is 17.8 Å². The first-order valence-electron chi connectivity index (χ1n) is 8.58. The Kier molecular flexibility index (Phi) is 4.48. The van der Waals surface area contributed by atoms with Gasteiger partial charge in [-0.2, -0.15) is 5.10 Å². The van der Waals surface area contributed by atoms with Crippen LogP contribution in [0.1, 0.15) is 44.1 Å². The smallest absolute Gasteiger partial charge is 0.187 e. The molecule has 128 valence electrons. The highest BCUT2D eigenvalue weighted by Gasteiger charge is 2.51. The van der Waals surface area contributed by atoms with Gasteiger partial charge in [-0.25, -0.2) is 0 Å². The van der Waals surface area contributed by atoms with E-state index in [1.165, 1.54) is 38.5 Å². The van der Waals surface area contributed by atoms with Gasteiger partial charge in [0.25, 0.3) is 0 Å². The Morgan fingerprint density at radius 2 is 1.71 bits per heavy atom. The first-order valence-corrected chi connectivity index (χ1v) is 9.74. The van der Waals surface area contributed by atoms with E-state index in [-0.39, 0.29) is 5.54 Å². The van der Waals surface area contributed by atoms with Gasteiger partial charge in [0.05, 0.1) is 16.3 Å². The highest BCUT2D eigenvalue weighted by Crippen LogP contribution is 2.55. The average molecular weight is 382 g/mol. The molecule has 0 heterocycles. The molecule has 0 unspecified atom stereocenters. The third-order valence-electron chi connectivity index (χ3n) is 5.74. The molecule has 0 saturated heterocycles. The van der Waals surface area contributed by atoms with E-state index in [1.54, 1.807) is 18.3 Å². The predicted octanol–water partition coefficient (Wildman–Crippen LogP) is 4.76. The van der Waals surface area contributed by atoms with E-state index >= 15 is 0 Å². The molecule has 4 aliphatic rings. The molecule has 6 heteroatoms. The lowest BCUT2D eigenvalue weighted by molar-refractivity contribution is -0.0101. The van der Waals surface area contributed by atoms with E-state index in [2.05, 4.69) is 15.8 Å². The molecule has 2 N–H and O–H groups in total. The van der Waals surface area contributed by atoms with Crippen LogP contribution in [0.3, 0.4) is 0 Å².